The summed E-state index contributed by atoms with van der Waals surface area (Å²) in [6.07, 6.45) is 3.64. The van der Waals surface area contributed by atoms with Crippen molar-refractivity contribution >= 4 is 28.9 Å². The minimum Gasteiger partial charge on any atom is -0.376 e. The van der Waals surface area contributed by atoms with Gasteiger partial charge in [0.2, 0.25) is 5.91 Å². The lowest BCUT2D eigenvalue weighted by Crippen LogP contribution is -2.31. The van der Waals surface area contributed by atoms with Crippen LogP contribution in [-0.2, 0) is 20.9 Å². The first-order chi connectivity index (χ1) is 13.6. The number of carbonyl (C=O) groups is 1. The zero-order valence-electron chi connectivity index (χ0n) is 16.1. The molecule has 1 fully saturated rings. The molecular weight excluding hydrogens is 376 g/mol. The van der Waals surface area contributed by atoms with Gasteiger partial charge in [-0.25, -0.2) is 0 Å². The van der Waals surface area contributed by atoms with E-state index in [0.717, 1.165) is 36.4 Å². The number of hydrogen-bond acceptors (Lipinski definition) is 4. The Bertz CT molecular complexity index is 761. The number of rotatable bonds is 8. The van der Waals surface area contributed by atoms with Crippen molar-refractivity contribution in [2.45, 2.75) is 44.9 Å². The van der Waals surface area contributed by atoms with E-state index in [-0.39, 0.29) is 18.1 Å². The molecule has 1 aliphatic rings. The monoisotopic (exact) mass is 402 g/mol. The van der Waals surface area contributed by atoms with Crippen LogP contribution in [0.1, 0.15) is 31.7 Å². The lowest BCUT2D eigenvalue weighted by molar-refractivity contribution is -0.116. The molecular formula is C22H27ClN2O3. The number of hydrogen-bond donors (Lipinski definition) is 2. The van der Waals surface area contributed by atoms with Crippen LogP contribution in [0.2, 0.25) is 5.02 Å². The highest BCUT2D eigenvalue weighted by molar-refractivity contribution is 6.30. The van der Waals surface area contributed by atoms with Crippen molar-refractivity contribution in [1.82, 2.24) is 0 Å². The molecule has 1 aliphatic heterocycles. The van der Waals surface area contributed by atoms with E-state index in [1.54, 1.807) is 24.3 Å². The van der Waals surface area contributed by atoms with E-state index >= 15 is 0 Å². The summed E-state index contributed by atoms with van der Waals surface area (Å²) in [7, 11) is 0. The molecule has 0 spiro atoms. The summed E-state index contributed by atoms with van der Waals surface area (Å²) < 4.78 is 11.5. The quantitative estimate of drug-likeness (QED) is 0.661. The molecule has 0 radical (unpaired) electrons. The zero-order valence-corrected chi connectivity index (χ0v) is 16.9. The summed E-state index contributed by atoms with van der Waals surface area (Å²) >= 11 is 5.87. The van der Waals surface area contributed by atoms with Gasteiger partial charge < -0.3 is 20.1 Å². The van der Waals surface area contributed by atoms with Crippen LogP contribution in [-0.4, -0.2) is 31.3 Å². The van der Waals surface area contributed by atoms with Crippen LogP contribution in [0.4, 0.5) is 11.4 Å². The molecule has 3 rings (SSSR count). The van der Waals surface area contributed by atoms with Gasteiger partial charge in [0.15, 0.2) is 0 Å². The van der Waals surface area contributed by atoms with Gasteiger partial charge in [-0.15, -0.1) is 0 Å². The summed E-state index contributed by atoms with van der Waals surface area (Å²) in [6.45, 7) is 3.82. The second-order valence-corrected chi connectivity index (χ2v) is 7.50. The fraction of sp³-hybridized carbons (Fsp3) is 0.409. The number of nitrogens with one attached hydrogen (secondary N) is 2. The molecule has 0 aliphatic carbocycles. The van der Waals surface area contributed by atoms with Crippen molar-refractivity contribution in [3.63, 3.8) is 0 Å². The van der Waals surface area contributed by atoms with Gasteiger partial charge in [-0.2, -0.15) is 0 Å². The van der Waals surface area contributed by atoms with E-state index in [9.17, 15) is 4.79 Å². The van der Waals surface area contributed by atoms with Crippen molar-refractivity contribution in [2.75, 3.05) is 23.8 Å². The molecule has 0 aromatic heterocycles. The molecule has 2 atom stereocenters. The lowest BCUT2D eigenvalue weighted by Gasteiger charge is -2.22. The number of benzene rings is 2. The average Bonchev–Trinajstić information content (AvgIpc) is 2.71. The number of carbonyl (C=O) groups excluding carboxylic acids is 1. The summed E-state index contributed by atoms with van der Waals surface area (Å²) in [4.78, 5) is 12.4. The molecule has 1 amide bonds. The highest BCUT2D eigenvalue weighted by Gasteiger charge is 2.15. The first-order valence-electron chi connectivity index (χ1n) is 9.71. The van der Waals surface area contributed by atoms with Gasteiger partial charge in [-0.1, -0.05) is 23.7 Å². The van der Waals surface area contributed by atoms with Crippen molar-refractivity contribution in [1.29, 1.82) is 0 Å². The minimum absolute atomic E-state index is 0.113. The van der Waals surface area contributed by atoms with Crippen molar-refractivity contribution < 1.29 is 14.3 Å². The summed E-state index contributed by atoms with van der Waals surface area (Å²) in [5, 5.41) is 6.75. The number of amides is 1. The largest absolute Gasteiger partial charge is 0.376 e. The molecule has 6 heteroatoms. The van der Waals surface area contributed by atoms with Crippen LogP contribution in [0.5, 0.6) is 0 Å². The third kappa shape index (κ3) is 6.51. The minimum atomic E-state index is -0.387. The highest BCUT2D eigenvalue weighted by atomic mass is 35.5. The summed E-state index contributed by atoms with van der Waals surface area (Å²) in [6, 6.07) is 14.6. The predicted octanol–water partition coefficient (Wildman–Crippen LogP) is 4.86. The molecule has 28 heavy (non-hydrogen) atoms. The Morgan fingerprint density at radius 1 is 1.21 bits per heavy atom. The fourth-order valence-electron chi connectivity index (χ4n) is 3.10. The standard InChI is InChI=1S/C22H27ClN2O3/c1-16(22(26)25-19-10-8-18(23)9-11-19)24-20-6-4-5-17(13-20)14-27-15-21-7-2-3-12-28-21/h4-6,8-11,13,16,21,24H,2-3,7,12,14-15H2,1H3,(H,25,26). The second-order valence-electron chi connectivity index (χ2n) is 7.07. The molecule has 2 N–H and O–H groups in total. The Balaban J connectivity index is 1.47. The SMILES string of the molecule is CC(Nc1cccc(COCC2CCCCO2)c1)C(=O)Nc1ccc(Cl)cc1. The van der Waals surface area contributed by atoms with Crippen LogP contribution in [0, 0.1) is 0 Å². The average molecular weight is 403 g/mol. The van der Waals surface area contributed by atoms with Crippen LogP contribution >= 0.6 is 11.6 Å². The van der Waals surface area contributed by atoms with Crippen LogP contribution in [0.25, 0.3) is 0 Å². The molecule has 2 unspecified atom stereocenters. The Kier molecular flexibility index (Phi) is 7.71. The van der Waals surface area contributed by atoms with Crippen molar-refractivity contribution in [3.8, 4) is 0 Å². The van der Waals surface area contributed by atoms with Crippen molar-refractivity contribution in [3.05, 3.63) is 59.1 Å². The summed E-state index contributed by atoms with van der Waals surface area (Å²) in [5.41, 5.74) is 2.66. The Hall–Kier alpha value is -2.08. The van der Waals surface area contributed by atoms with Gasteiger partial charge >= 0.3 is 0 Å². The van der Waals surface area contributed by atoms with Gasteiger partial charge in [0, 0.05) is 23.0 Å². The molecule has 2 aromatic carbocycles. The first kappa shape index (κ1) is 20.6. The van der Waals surface area contributed by atoms with E-state index in [4.69, 9.17) is 21.1 Å². The number of ether oxygens (including phenoxy) is 2. The number of halogens is 1. The third-order valence-corrected chi connectivity index (χ3v) is 4.91. The molecule has 1 saturated heterocycles. The molecule has 0 bridgehead atoms. The topological polar surface area (TPSA) is 59.6 Å². The lowest BCUT2D eigenvalue weighted by atomic mass is 10.1. The molecule has 150 valence electrons. The van der Waals surface area contributed by atoms with Gasteiger partial charge in [-0.05, 0) is 68.1 Å². The number of anilines is 2. The van der Waals surface area contributed by atoms with E-state index in [1.807, 2.05) is 31.2 Å². The molecule has 5 nitrogen and oxygen atoms in total. The normalized spacial score (nSPS) is 17.7. The van der Waals surface area contributed by atoms with E-state index in [1.165, 1.54) is 6.42 Å². The van der Waals surface area contributed by atoms with E-state index in [2.05, 4.69) is 10.6 Å². The van der Waals surface area contributed by atoms with Crippen LogP contribution in [0.3, 0.4) is 0 Å². The van der Waals surface area contributed by atoms with Crippen molar-refractivity contribution in [2.24, 2.45) is 0 Å². The van der Waals surface area contributed by atoms with E-state index < -0.39 is 0 Å². The maximum absolute atomic E-state index is 12.4. The fourth-order valence-corrected chi connectivity index (χ4v) is 3.22. The first-order valence-corrected chi connectivity index (χ1v) is 10.1. The van der Waals surface area contributed by atoms with Crippen LogP contribution < -0.4 is 10.6 Å². The summed E-state index contributed by atoms with van der Waals surface area (Å²) in [5.74, 6) is -0.113. The third-order valence-electron chi connectivity index (χ3n) is 4.66. The molecule has 1 heterocycles. The second kappa shape index (κ2) is 10.5. The van der Waals surface area contributed by atoms with Crippen LogP contribution in [0.15, 0.2) is 48.5 Å². The Morgan fingerprint density at radius 3 is 2.79 bits per heavy atom. The Labute approximate surface area is 171 Å². The Morgan fingerprint density at radius 2 is 2.04 bits per heavy atom. The smallest absolute Gasteiger partial charge is 0.246 e. The van der Waals surface area contributed by atoms with E-state index in [0.29, 0.717) is 18.2 Å². The van der Waals surface area contributed by atoms with Gasteiger partial charge in [-0.3, -0.25) is 4.79 Å². The zero-order chi connectivity index (χ0) is 19.8. The van der Waals surface area contributed by atoms with Gasteiger partial charge in [0.1, 0.15) is 6.04 Å². The predicted molar refractivity (Wildman–Crippen MR) is 113 cm³/mol. The van der Waals surface area contributed by atoms with Gasteiger partial charge in [0.25, 0.3) is 0 Å². The maximum atomic E-state index is 12.4. The maximum Gasteiger partial charge on any atom is 0.246 e. The molecule has 2 aromatic rings. The van der Waals surface area contributed by atoms with Gasteiger partial charge in [0.05, 0.1) is 19.3 Å². The highest BCUT2D eigenvalue weighted by Crippen LogP contribution is 2.17. The molecule has 0 saturated carbocycles.